The van der Waals surface area contributed by atoms with Crippen LogP contribution in [0.25, 0.3) is 5.43 Å². The van der Waals surface area contributed by atoms with Crippen molar-refractivity contribution in [2.24, 2.45) is 5.11 Å². The molecule has 0 aliphatic carbocycles. The number of aryl methyl sites for hydroxylation is 2. The first-order valence-corrected chi connectivity index (χ1v) is 14.1. The molecule has 200 valence electrons. The highest BCUT2D eigenvalue weighted by molar-refractivity contribution is 7.80. The molecule has 0 saturated carbocycles. The SMILES string of the molecule is Cc1ccc(N2C(=S)N(c3ccccc3)C3(c4ccccc4)N=[N+](c4ccc(C)cc4)[N-]C23c2ccccc2)cc1. The van der Waals surface area contributed by atoms with Crippen molar-refractivity contribution in [2.45, 2.75) is 25.2 Å². The summed E-state index contributed by atoms with van der Waals surface area (Å²) in [6.07, 6.45) is 0. The van der Waals surface area contributed by atoms with E-state index in [-0.39, 0.29) is 0 Å². The molecule has 0 amide bonds. The highest BCUT2D eigenvalue weighted by atomic mass is 32.1. The van der Waals surface area contributed by atoms with Crippen LogP contribution in [0, 0.1) is 13.8 Å². The Hall–Kier alpha value is -4.81. The molecule has 7 rings (SSSR count). The number of nitrogens with zero attached hydrogens (tertiary/aromatic N) is 5. The molecule has 2 aliphatic rings. The van der Waals surface area contributed by atoms with Crippen LogP contribution in [0.5, 0.6) is 0 Å². The number of benzene rings is 5. The molecule has 5 nitrogen and oxygen atoms in total. The van der Waals surface area contributed by atoms with Crippen LogP contribution in [-0.2, 0) is 11.3 Å². The van der Waals surface area contributed by atoms with Crippen molar-refractivity contribution in [1.29, 1.82) is 0 Å². The Labute approximate surface area is 246 Å². The summed E-state index contributed by atoms with van der Waals surface area (Å²) in [5.41, 5.74) is 10.6. The summed E-state index contributed by atoms with van der Waals surface area (Å²) < 4.78 is 0. The van der Waals surface area contributed by atoms with Crippen molar-refractivity contribution in [2.75, 3.05) is 9.80 Å². The van der Waals surface area contributed by atoms with Crippen LogP contribution < -0.4 is 9.80 Å². The van der Waals surface area contributed by atoms with Gasteiger partial charge in [0.1, 0.15) is 0 Å². The van der Waals surface area contributed by atoms with E-state index in [4.69, 9.17) is 22.8 Å². The van der Waals surface area contributed by atoms with Gasteiger partial charge in [0.05, 0.1) is 0 Å². The van der Waals surface area contributed by atoms with Crippen molar-refractivity contribution < 1.29 is 4.81 Å². The second-order valence-electron chi connectivity index (χ2n) is 10.5. The zero-order chi connectivity index (χ0) is 28.0. The Morgan fingerprint density at radius 2 is 1.07 bits per heavy atom. The maximum Gasteiger partial charge on any atom is 0.225 e. The first kappa shape index (κ1) is 25.2. The largest absolute Gasteiger partial charge is 0.300 e. The molecule has 5 aromatic carbocycles. The lowest BCUT2D eigenvalue weighted by molar-refractivity contribution is -0.457. The summed E-state index contributed by atoms with van der Waals surface area (Å²) in [7, 11) is 0. The number of thiocarbonyl (C=S) groups is 1. The lowest BCUT2D eigenvalue weighted by atomic mass is 9.81. The number of hydrogen-bond donors (Lipinski definition) is 0. The highest BCUT2D eigenvalue weighted by Crippen LogP contribution is 2.64. The molecule has 2 heterocycles. The van der Waals surface area contributed by atoms with Crippen molar-refractivity contribution in [3.8, 4) is 0 Å². The van der Waals surface area contributed by atoms with Crippen LogP contribution in [0.1, 0.15) is 22.3 Å². The molecule has 1 fully saturated rings. The van der Waals surface area contributed by atoms with Gasteiger partial charge in [-0.2, -0.15) is 10.5 Å². The molecule has 5 aromatic rings. The van der Waals surface area contributed by atoms with Gasteiger partial charge in [-0.1, -0.05) is 114 Å². The Morgan fingerprint density at radius 1 is 0.585 bits per heavy atom. The van der Waals surface area contributed by atoms with Crippen LogP contribution >= 0.6 is 12.2 Å². The predicted molar refractivity (Wildman–Crippen MR) is 168 cm³/mol. The molecule has 2 aliphatic heterocycles. The fourth-order valence-electron chi connectivity index (χ4n) is 5.99. The van der Waals surface area contributed by atoms with Crippen LogP contribution in [-0.4, -0.2) is 9.92 Å². The topological polar surface area (TPSA) is 36.0 Å². The molecule has 1 saturated heterocycles. The molecule has 2 atom stereocenters. The van der Waals surface area contributed by atoms with Crippen LogP contribution in [0.2, 0.25) is 0 Å². The van der Waals surface area contributed by atoms with Gasteiger partial charge in [0.2, 0.25) is 5.69 Å². The molecular formula is C35H29N5S. The number of azo groups is 1. The summed E-state index contributed by atoms with van der Waals surface area (Å²) in [4.78, 5) is 6.18. The van der Waals surface area contributed by atoms with E-state index in [0.717, 1.165) is 28.2 Å². The Morgan fingerprint density at radius 3 is 1.66 bits per heavy atom. The van der Waals surface area contributed by atoms with E-state index in [0.29, 0.717) is 5.11 Å². The second kappa shape index (κ2) is 9.68. The summed E-state index contributed by atoms with van der Waals surface area (Å²) >= 11 is 6.44. The zero-order valence-corrected chi connectivity index (χ0v) is 23.7. The summed E-state index contributed by atoms with van der Waals surface area (Å²) in [6, 6.07) is 48.0. The number of hydrogen-bond acceptors (Lipinski definition) is 2. The quantitative estimate of drug-likeness (QED) is 0.162. The minimum atomic E-state index is -1.07. The van der Waals surface area contributed by atoms with E-state index in [1.165, 1.54) is 11.1 Å². The van der Waals surface area contributed by atoms with Gasteiger partial charge in [-0.15, -0.1) is 4.81 Å². The molecule has 0 bridgehead atoms. The molecule has 0 radical (unpaired) electrons. The number of anilines is 2. The van der Waals surface area contributed by atoms with E-state index in [1.807, 2.05) is 30.3 Å². The molecular weight excluding hydrogens is 522 g/mol. The summed E-state index contributed by atoms with van der Waals surface area (Å²) in [6.45, 7) is 4.18. The standard InChI is InChI=1S/C35H29N5S/c1-26-18-22-31(23-19-26)39-33(41)38(30-16-10-5-11-17-30)34(28-12-6-3-7-13-28)35(39,29-14-8-4-9-15-29)37-40(36-34)32-24-20-27(2)21-25-32/h3-25H,1-2H3. The molecule has 0 N–H and O–H groups in total. The first-order valence-electron chi connectivity index (χ1n) is 13.7. The first-order chi connectivity index (χ1) is 20.0. The maximum absolute atomic E-state index is 6.44. The van der Waals surface area contributed by atoms with Crippen molar-refractivity contribution in [3.63, 3.8) is 0 Å². The third kappa shape index (κ3) is 3.71. The fourth-order valence-corrected chi connectivity index (χ4v) is 6.47. The normalized spacial score (nSPS) is 21.4. The highest BCUT2D eigenvalue weighted by Gasteiger charge is 2.70. The number of fused-ring (bicyclic) bond motifs is 1. The molecule has 6 heteroatoms. The smallest absolute Gasteiger partial charge is 0.225 e. The van der Waals surface area contributed by atoms with E-state index < -0.39 is 11.3 Å². The monoisotopic (exact) mass is 551 g/mol. The Kier molecular flexibility index (Phi) is 5.94. The summed E-state index contributed by atoms with van der Waals surface area (Å²) in [5, 5.41) is 6.19. The lowest BCUT2D eigenvalue weighted by Crippen LogP contribution is -2.53. The van der Waals surface area contributed by atoms with Gasteiger partial charge >= 0.3 is 0 Å². The van der Waals surface area contributed by atoms with E-state index in [2.05, 4.69) is 133 Å². The van der Waals surface area contributed by atoms with Crippen molar-refractivity contribution in [1.82, 2.24) is 0 Å². The Bertz CT molecular complexity index is 1740. The third-order valence-electron chi connectivity index (χ3n) is 7.92. The van der Waals surface area contributed by atoms with E-state index in [9.17, 15) is 0 Å². The lowest BCUT2D eigenvalue weighted by Gasteiger charge is -2.46. The number of rotatable bonds is 5. The van der Waals surface area contributed by atoms with Crippen molar-refractivity contribution in [3.05, 3.63) is 167 Å². The van der Waals surface area contributed by atoms with E-state index in [1.54, 1.807) is 4.81 Å². The predicted octanol–water partition coefficient (Wildman–Crippen LogP) is 8.72. The summed E-state index contributed by atoms with van der Waals surface area (Å²) in [5.74, 6) is 0. The van der Waals surface area contributed by atoms with E-state index >= 15 is 0 Å². The maximum atomic E-state index is 6.44. The molecule has 0 spiro atoms. The van der Waals surface area contributed by atoms with Crippen LogP contribution in [0.3, 0.4) is 0 Å². The van der Waals surface area contributed by atoms with Gasteiger partial charge in [-0.3, -0.25) is 0 Å². The fraction of sp³-hybridized carbons (Fsp3) is 0.114. The van der Waals surface area contributed by atoms with Gasteiger partial charge in [-0.25, -0.2) is 0 Å². The van der Waals surface area contributed by atoms with Gasteiger partial charge in [0.25, 0.3) is 0 Å². The minimum Gasteiger partial charge on any atom is -0.300 e. The Balaban J connectivity index is 1.62. The molecule has 0 aromatic heterocycles. The van der Waals surface area contributed by atoms with Gasteiger partial charge in [0, 0.05) is 23.5 Å². The van der Waals surface area contributed by atoms with Gasteiger partial charge < -0.3 is 9.80 Å². The van der Waals surface area contributed by atoms with Crippen LogP contribution in [0.15, 0.2) is 145 Å². The van der Waals surface area contributed by atoms with Crippen molar-refractivity contribution >= 4 is 34.4 Å². The zero-order valence-electron chi connectivity index (χ0n) is 22.9. The average molecular weight is 552 g/mol. The van der Waals surface area contributed by atoms with Gasteiger partial charge in [0.15, 0.2) is 16.4 Å². The van der Waals surface area contributed by atoms with Crippen LogP contribution in [0.4, 0.5) is 17.1 Å². The molecule has 2 unspecified atom stereocenters. The minimum absolute atomic E-state index is 0.629. The van der Waals surface area contributed by atoms with Gasteiger partial charge in [-0.05, 0) is 61.5 Å². The second-order valence-corrected chi connectivity index (χ2v) is 10.9. The average Bonchev–Trinajstić information content (AvgIpc) is 3.47. The third-order valence-corrected chi connectivity index (χ3v) is 8.28. The molecule has 41 heavy (non-hydrogen) atoms. The number of para-hydroxylation sites is 1.